The highest BCUT2D eigenvalue weighted by atomic mass is 19.1. The molecule has 78 valence electrons. The summed E-state index contributed by atoms with van der Waals surface area (Å²) in [6.45, 7) is 0.923. The molecule has 3 N–H and O–H groups in total. The van der Waals surface area contributed by atoms with Crippen molar-refractivity contribution in [1.29, 1.82) is 0 Å². The topological polar surface area (TPSA) is 46.2 Å². The summed E-state index contributed by atoms with van der Waals surface area (Å²) in [6.07, 6.45) is -1.33. The second-order valence-electron chi connectivity index (χ2n) is 3.44. The second kappa shape index (κ2) is 4.02. The van der Waals surface area contributed by atoms with Crippen LogP contribution in [0.3, 0.4) is 0 Å². The number of halogens is 2. The third-order valence-corrected chi connectivity index (χ3v) is 2.16. The molecule has 0 aliphatic carbocycles. The van der Waals surface area contributed by atoms with E-state index in [1.807, 2.05) is 0 Å². The number of aliphatic hydroxyl groups is 1. The van der Waals surface area contributed by atoms with E-state index in [1.165, 1.54) is 31.2 Å². The Morgan fingerprint density at radius 3 is 2.36 bits per heavy atom. The zero-order valence-corrected chi connectivity index (χ0v) is 7.87. The highest BCUT2D eigenvalue weighted by molar-refractivity contribution is 5.21. The molecule has 14 heavy (non-hydrogen) atoms. The SMILES string of the molecule is C[C@@](F)(CN)[C@H](O)c1ccc(F)cc1. The van der Waals surface area contributed by atoms with E-state index in [0.29, 0.717) is 5.56 Å². The first kappa shape index (κ1) is 11.1. The monoisotopic (exact) mass is 201 g/mol. The molecule has 0 unspecified atom stereocenters. The van der Waals surface area contributed by atoms with Crippen molar-refractivity contribution in [3.63, 3.8) is 0 Å². The van der Waals surface area contributed by atoms with Crippen LogP contribution in [0, 0.1) is 5.82 Å². The zero-order valence-electron chi connectivity index (χ0n) is 7.87. The van der Waals surface area contributed by atoms with Crippen molar-refractivity contribution < 1.29 is 13.9 Å². The van der Waals surface area contributed by atoms with Crippen molar-refractivity contribution >= 4 is 0 Å². The Morgan fingerprint density at radius 1 is 1.43 bits per heavy atom. The minimum absolute atomic E-state index is 0.286. The van der Waals surface area contributed by atoms with E-state index in [4.69, 9.17) is 5.73 Å². The number of hydrogen-bond donors (Lipinski definition) is 2. The number of alkyl halides is 1. The molecule has 4 heteroatoms. The maximum atomic E-state index is 13.5. The van der Waals surface area contributed by atoms with Gasteiger partial charge in [-0.1, -0.05) is 12.1 Å². The summed E-state index contributed by atoms with van der Waals surface area (Å²) in [5, 5.41) is 9.56. The van der Waals surface area contributed by atoms with Crippen LogP contribution in [0.15, 0.2) is 24.3 Å². The van der Waals surface area contributed by atoms with Gasteiger partial charge < -0.3 is 10.8 Å². The largest absolute Gasteiger partial charge is 0.385 e. The smallest absolute Gasteiger partial charge is 0.150 e. The van der Waals surface area contributed by atoms with Crippen molar-refractivity contribution in [1.82, 2.24) is 0 Å². The van der Waals surface area contributed by atoms with Gasteiger partial charge in [0.05, 0.1) is 0 Å². The minimum atomic E-state index is -1.89. The van der Waals surface area contributed by atoms with Gasteiger partial charge in [-0.15, -0.1) is 0 Å². The Labute approximate surface area is 81.4 Å². The zero-order chi connectivity index (χ0) is 10.8. The van der Waals surface area contributed by atoms with E-state index in [-0.39, 0.29) is 6.54 Å². The molecule has 0 amide bonds. The summed E-state index contributed by atoms with van der Waals surface area (Å²) in [7, 11) is 0. The van der Waals surface area contributed by atoms with Gasteiger partial charge in [0, 0.05) is 6.54 Å². The van der Waals surface area contributed by atoms with Gasteiger partial charge in [0.2, 0.25) is 0 Å². The lowest BCUT2D eigenvalue weighted by atomic mass is 9.95. The molecule has 1 aromatic carbocycles. The molecule has 0 aromatic heterocycles. The molecular formula is C10H13F2NO. The van der Waals surface area contributed by atoms with E-state index < -0.39 is 17.6 Å². The molecule has 0 spiro atoms. The van der Waals surface area contributed by atoms with Crippen molar-refractivity contribution in [2.45, 2.75) is 18.7 Å². The molecule has 0 heterocycles. The first-order chi connectivity index (χ1) is 6.47. The van der Waals surface area contributed by atoms with Crippen molar-refractivity contribution in [2.24, 2.45) is 5.73 Å². The summed E-state index contributed by atoms with van der Waals surface area (Å²) in [5.74, 6) is -0.422. The number of benzene rings is 1. The van der Waals surface area contributed by atoms with Crippen LogP contribution < -0.4 is 5.73 Å². The molecule has 0 bridgehead atoms. The van der Waals surface area contributed by atoms with E-state index in [1.54, 1.807) is 0 Å². The lowest BCUT2D eigenvalue weighted by molar-refractivity contribution is 0.00899. The molecule has 0 radical (unpaired) electrons. The predicted octanol–water partition coefficient (Wildman–Crippen LogP) is 1.55. The summed E-state index contributed by atoms with van der Waals surface area (Å²) in [6, 6.07) is 5.03. The van der Waals surface area contributed by atoms with Crippen LogP contribution >= 0.6 is 0 Å². The first-order valence-corrected chi connectivity index (χ1v) is 4.30. The van der Waals surface area contributed by atoms with Crippen LogP contribution in [0.2, 0.25) is 0 Å². The van der Waals surface area contributed by atoms with Crippen LogP contribution in [0.5, 0.6) is 0 Å². The average Bonchev–Trinajstić information content (AvgIpc) is 2.18. The lowest BCUT2D eigenvalue weighted by Crippen LogP contribution is -2.36. The van der Waals surface area contributed by atoms with Gasteiger partial charge in [-0.2, -0.15) is 0 Å². The Morgan fingerprint density at radius 2 is 1.93 bits per heavy atom. The quantitative estimate of drug-likeness (QED) is 0.779. The summed E-state index contributed by atoms with van der Waals surface area (Å²) < 4.78 is 26.1. The fourth-order valence-corrected chi connectivity index (χ4v) is 1.10. The van der Waals surface area contributed by atoms with Crippen molar-refractivity contribution in [3.05, 3.63) is 35.6 Å². The minimum Gasteiger partial charge on any atom is -0.385 e. The number of nitrogens with two attached hydrogens (primary N) is 1. The molecular weight excluding hydrogens is 188 g/mol. The third kappa shape index (κ3) is 2.27. The van der Waals surface area contributed by atoms with Crippen LogP contribution in [-0.4, -0.2) is 17.3 Å². The van der Waals surface area contributed by atoms with Crippen molar-refractivity contribution in [2.75, 3.05) is 6.54 Å². The Hall–Kier alpha value is -1.00. The van der Waals surface area contributed by atoms with Gasteiger partial charge in [-0.05, 0) is 24.6 Å². The van der Waals surface area contributed by atoms with Gasteiger partial charge in [0.25, 0.3) is 0 Å². The molecule has 1 aromatic rings. The summed E-state index contributed by atoms with van der Waals surface area (Å²) in [4.78, 5) is 0. The highest BCUT2D eigenvalue weighted by Crippen LogP contribution is 2.28. The van der Waals surface area contributed by atoms with E-state index in [2.05, 4.69) is 0 Å². The van der Waals surface area contributed by atoms with Crippen LogP contribution in [0.1, 0.15) is 18.6 Å². The Balaban J connectivity index is 2.89. The molecule has 0 fully saturated rings. The molecule has 1 rings (SSSR count). The predicted molar refractivity (Wildman–Crippen MR) is 49.9 cm³/mol. The molecule has 0 saturated carbocycles. The maximum absolute atomic E-state index is 13.5. The average molecular weight is 201 g/mol. The fraction of sp³-hybridized carbons (Fsp3) is 0.400. The molecule has 0 saturated heterocycles. The van der Waals surface area contributed by atoms with Gasteiger partial charge in [-0.3, -0.25) is 0 Å². The van der Waals surface area contributed by atoms with Crippen LogP contribution in [-0.2, 0) is 0 Å². The maximum Gasteiger partial charge on any atom is 0.150 e. The highest BCUT2D eigenvalue weighted by Gasteiger charge is 2.32. The molecule has 2 nitrogen and oxygen atoms in total. The van der Waals surface area contributed by atoms with Gasteiger partial charge in [0.1, 0.15) is 17.6 Å². The van der Waals surface area contributed by atoms with E-state index in [0.717, 1.165) is 0 Å². The molecule has 0 aliphatic heterocycles. The standard InChI is InChI=1S/C10H13F2NO/c1-10(12,6-13)9(14)7-2-4-8(11)5-3-7/h2-5,9,14H,6,13H2,1H3/t9-,10-/m1/s1. The number of rotatable bonds is 3. The molecule has 0 aliphatic rings. The molecule has 2 atom stereocenters. The Kier molecular flexibility index (Phi) is 3.18. The van der Waals surface area contributed by atoms with Crippen molar-refractivity contribution in [3.8, 4) is 0 Å². The third-order valence-electron chi connectivity index (χ3n) is 2.16. The van der Waals surface area contributed by atoms with Gasteiger partial charge >= 0.3 is 0 Å². The van der Waals surface area contributed by atoms with Crippen LogP contribution in [0.4, 0.5) is 8.78 Å². The van der Waals surface area contributed by atoms with Gasteiger partial charge in [-0.25, -0.2) is 8.78 Å². The lowest BCUT2D eigenvalue weighted by Gasteiger charge is -2.24. The van der Waals surface area contributed by atoms with Gasteiger partial charge in [0.15, 0.2) is 0 Å². The summed E-state index contributed by atoms with van der Waals surface area (Å²) >= 11 is 0. The van der Waals surface area contributed by atoms with E-state index >= 15 is 0 Å². The number of aliphatic hydroxyl groups excluding tert-OH is 1. The first-order valence-electron chi connectivity index (χ1n) is 4.30. The second-order valence-corrected chi connectivity index (χ2v) is 3.44. The van der Waals surface area contributed by atoms with E-state index in [9.17, 15) is 13.9 Å². The number of hydrogen-bond acceptors (Lipinski definition) is 2. The van der Waals surface area contributed by atoms with Crippen LogP contribution in [0.25, 0.3) is 0 Å². The normalized spacial score (nSPS) is 17.5. The fourth-order valence-electron chi connectivity index (χ4n) is 1.10. The summed E-state index contributed by atoms with van der Waals surface area (Å²) in [5.41, 5.74) is 3.60. The Bertz CT molecular complexity index is 297.